The molecule has 0 aromatic heterocycles. The molecule has 1 saturated carbocycles. The number of nitrogens with one attached hydrogen (secondary N) is 3. The molecule has 3 unspecified atom stereocenters. The van der Waals surface area contributed by atoms with Crippen LogP contribution in [0.1, 0.15) is 19.3 Å². The van der Waals surface area contributed by atoms with Crippen molar-refractivity contribution in [1.82, 2.24) is 15.4 Å². The SMILES string of the molecule is CNC(=O)NC1(C=O)CCCC1CNS(=O)c1cc(F)c(Br)cc1F. The van der Waals surface area contributed by atoms with Crippen LogP contribution < -0.4 is 15.4 Å². The van der Waals surface area contributed by atoms with Crippen molar-refractivity contribution in [3.8, 4) is 0 Å². The van der Waals surface area contributed by atoms with Gasteiger partial charge in [-0.15, -0.1) is 0 Å². The molecule has 2 amide bonds. The summed E-state index contributed by atoms with van der Waals surface area (Å²) in [5.41, 5.74) is -1.07. The summed E-state index contributed by atoms with van der Waals surface area (Å²) >= 11 is 2.86. The third-order valence-corrected chi connectivity index (χ3v) is 6.04. The van der Waals surface area contributed by atoms with Gasteiger partial charge in [-0.2, -0.15) is 0 Å². The Morgan fingerprint density at radius 3 is 2.80 bits per heavy atom. The maximum Gasteiger partial charge on any atom is 0.315 e. The van der Waals surface area contributed by atoms with Crippen molar-refractivity contribution in [2.75, 3.05) is 13.6 Å². The molecule has 1 aliphatic carbocycles. The van der Waals surface area contributed by atoms with E-state index < -0.39 is 34.2 Å². The lowest BCUT2D eigenvalue weighted by atomic mass is 9.88. The van der Waals surface area contributed by atoms with E-state index in [1.165, 1.54) is 7.05 Å². The molecule has 0 heterocycles. The van der Waals surface area contributed by atoms with E-state index in [1.54, 1.807) is 0 Å². The summed E-state index contributed by atoms with van der Waals surface area (Å²) in [6.45, 7) is 0.104. The van der Waals surface area contributed by atoms with E-state index in [1.807, 2.05) is 0 Å². The van der Waals surface area contributed by atoms with Crippen LogP contribution >= 0.6 is 15.9 Å². The molecule has 0 spiro atoms. The Morgan fingerprint density at radius 2 is 2.16 bits per heavy atom. The lowest BCUT2D eigenvalue weighted by molar-refractivity contribution is -0.114. The number of aldehydes is 1. The number of rotatable bonds is 6. The minimum atomic E-state index is -1.99. The normalized spacial score (nSPS) is 23.9. The van der Waals surface area contributed by atoms with Gasteiger partial charge < -0.3 is 15.4 Å². The van der Waals surface area contributed by atoms with E-state index in [4.69, 9.17) is 0 Å². The fourth-order valence-electron chi connectivity index (χ4n) is 2.91. The topological polar surface area (TPSA) is 87.3 Å². The van der Waals surface area contributed by atoms with Gasteiger partial charge in [-0.05, 0) is 40.9 Å². The van der Waals surface area contributed by atoms with Crippen LogP contribution in [-0.2, 0) is 15.8 Å². The highest BCUT2D eigenvalue weighted by Crippen LogP contribution is 2.34. The molecular formula is C15H18BrF2N3O3S. The first-order valence-electron chi connectivity index (χ1n) is 7.59. The number of carbonyl (C=O) groups is 2. The minimum Gasteiger partial charge on any atom is -0.341 e. The summed E-state index contributed by atoms with van der Waals surface area (Å²) in [6, 6.07) is 1.27. The van der Waals surface area contributed by atoms with Crippen LogP contribution in [0.5, 0.6) is 0 Å². The van der Waals surface area contributed by atoms with Crippen molar-refractivity contribution in [3.63, 3.8) is 0 Å². The zero-order valence-electron chi connectivity index (χ0n) is 13.4. The van der Waals surface area contributed by atoms with Gasteiger partial charge in [0.1, 0.15) is 34.4 Å². The molecule has 0 bridgehead atoms. The molecule has 1 aromatic carbocycles. The Bertz CT molecular complexity index is 707. The molecule has 25 heavy (non-hydrogen) atoms. The van der Waals surface area contributed by atoms with Crippen LogP contribution in [0.4, 0.5) is 13.6 Å². The second-order valence-corrected chi connectivity index (χ2v) is 7.89. The summed E-state index contributed by atoms with van der Waals surface area (Å²) in [6.07, 6.45) is 2.49. The average Bonchev–Trinajstić information content (AvgIpc) is 2.98. The number of amides is 2. The van der Waals surface area contributed by atoms with Gasteiger partial charge in [-0.3, -0.25) is 0 Å². The van der Waals surface area contributed by atoms with Crippen molar-refractivity contribution in [2.45, 2.75) is 29.7 Å². The maximum absolute atomic E-state index is 13.9. The highest BCUT2D eigenvalue weighted by molar-refractivity contribution is 9.10. The average molecular weight is 438 g/mol. The lowest BCUT2D eigenvalue weighted by Crippen LogP contribution is -2.56. The van der Waals surface area contributed by atoms with Crippen molar-refractivity contribution in [2.24, 2.45) is 5.92 Å². The van der Waals surface area contributed by atoms with E-state index in [-0.39, 0.29) is 21.8 Å². The second-order valence-electron chi connectivity index (χ2n) is 5.77. The number of carbonyl (C=O) groups excluding carboxylic acids is 2. The molecule has 138 valence electrons. The summed E-state index contributed by atoms with van der Waals surface area (Å²) < 4.78 is 42.2. The Labute approximate surface area is 154 Å². The van der Waals surface area contributed by atoms with E-state index in [0.717, 1.165) is 12.1 Å². The van der Waals surface area contributed by atoms with Gasteiger partial charge in [0.2, 0.25) is 0 Å². The molecular weight excluding hydrogens is 420 g/mol. The molecule has 2 rings (SSSR count). The van der Waals surface area contributed by atoms with E-state index in [0.29, 0.717) is 25.5 Å². The van der Waals surface area contributed by atoms with Crippen molar-refractivity contribution < 1.29 is 22.6 Å². The Balaban J connectivity index is 2.09. The first-order valence-corrected chi connectivity index (χ1v) is 9.53. The van der Waals surface area contributed by atoms with Crippen molar-refractivity contribution in [3.05, 3.63) is 28.2 Å². The number of benzene rings is 1. The van der Waals surface area contributed by atoms with Gasteiger partial charge in [0, 0.05) is 19.5 Å². The number of halogens is 3. The molecule has 1 aliphatic rings. The van der Waals surface area contributed by atoms with Gasteiger partial charge in [-0.25, -0.2) is 22.5 Å². The largest absolute Gasteiger partial charge is 0.341 e. The van der Waals surface area contributed by atoms with Crippen molar-refractivity contribution >= 4 is 39.2 Å². The predicted octanol–water partition coefficient (Wildman–Crippen LogP) is 2.01. The quantitative estimate of drug-likeness (QED) is 0.469. The Morgan fingerprint density at radius 1 is 1.44 bits per heavy atom. The summed E-state index contributed by atoms with van der Waals surface area (Å²) in [5.74, 6) is -1.85. The standard InChI is InChI=1S/C15H18BrF2N3O3S/c1-19-14(23)21-15(8-22)4-2-3-9(15)7-20-25(24)13-6-11(17)10(16)5-12(13)18/h5-6,8-9,20H,2-4,7H2,1H3,(H2,19,21,23). The molecule has 1 aromatic rings. The second kappa shape index (κ2) is 8.33. The third-order valence-electron chi connectivity index (χ3n) is 4.29. The van der Waals surface area contributed by atoms with Gasteiger partial charge in [0.25, 0.3) is 0 Å². The number of urea groups is 1. The molecule has 6 nitrogen and oxygen atoms in total. The zero-order valence-corrected chi connectivity index (χ0v) is 15.8. The van der Waals surface area contributed by atoms with Crippen LogP contribution in [0.3, 0.4) is 0 Å². The minimum absolute atomic E-state index is 0.0590. The highest BCUT2D eigenvalue weighted by atomic mass is 79.9. The smallest absolute Gasteiger partial charge is 0.315 e. The van der Waals surface area contributed by atoms with Gasteiger partial charge in [0.05, 0.1) is 9.37 Å². The summed E-state index contributed by atoms with van der Waals surface area (Å²) in [5, 5.41) is 5.03. The summed E-state index contributed by atoms with van der Waals surface area (Å²) in [4.78, 5) is 22.9. The first-order chi connectivity index (χ1) is 11.8. The van der Waals surface area contributed by atoms with Crippen LogP contribution in [0, 0.1) is 17.6 Å². The summed E-state index contributed by atoms with van der Waals surface area (Å²) in [7, 11) is -0.549. The molecule has 1 fully saturated rings. The molecule has 3 N–H and O–H groups in total. The van der Waals surface area contributed by atoms with E-state index in [2.05, 4.69) is 31.3 Å². The maximum atomic E-state index is 13.9. The first kappa shape index (κ1) is 19.9. The Hall–Kier alpha value is -1.39. The van der Waals surface area contributed by atoms with Crippen LogP contribution in [0.25, 0.3) is 0 Å². The van der Waals surface area contributed by atoms with Crippen LogP contribution in [0.2, 0.25) is 0 Å². The van der Waals surface area contributed by atoms with Gasteiger partial charge >= 0.3 is 6.03 Å². The number of hydrogen-bond acceptors (Lipinski definition) is 3. The monoisotopic (exact) mass is 437 g/mol. The molecule has 0 saturated heterocycles. The fourth-order valence-corrected chi connectivity index (χ4v) is 4.18. The van der Waals surface area contributed by atoms with Crippen molar-refractivity contribution in [1.29, 1.82) is 0 Å². The molecule has 3 atom stereocenters. The highest BCUT2D eigenvalue weighted by Gasteiger charge is 2.44. The molecule has 10 heteroatoms. The van der Waals surface area contributed by atoms with Gasteiger partial charge in [0.15, 0.2) is 0 Å². The number of hydrogen-bond donors (Lipinski definition) is 3. The van der Waals surface area contributed by atoms with E-state index >= 15 is 0 Å². The predicted molar refractivity (Wildman–Crippen MR) is 92.2 cm³/mol. The fraction of sp³-hybridized carbons (Fsp3) is 0.467. The third kappa shape index (κ3) is 4.42. The van der Waals surface area contributed by atoms with Crippen LogP contribution in [-0.4, -0.2) is 35.7 Å². The van der Waals surface area contributed by atoms with E-state index in [9.17, 15) is 22.6 Å². The zero-order chi connectivity index (χ0) is 18.6. The molecule has 0 aliphatic heterocycles. The van der Waals surface area contributed by atoms with Crippen LogP contribution in [0.15, 0.2) is 21.5 Å². The Kier molecular flexibility index (Phi) is 6.64. The lowest BCUT2D eigenvalue weighted by Gasteiger charge is -2.31. The van der Waals surface area contributed by atoms with Gasteiger partial charge in [-0.1, -0.05) is 6.42 Å². The molecule has 0 radical (unpaired) electrons.